The zero-order valence-corrected chi connectivity index (χ0v) is 13.3. The maximum Gasteiger partial charge on any atom is 0.143 e. The number of fused-ring (bicyclic) bond motifs is 2. The van der Waals surface area contributed by atoms with Crippen molar-refractivity contribution < 1.29 is 9.53 Å². The molecule has 0 radical (unpaired) electrons. The molecule has 0 aliphatic heterocycles. The maximum atomic E-state index is 13.0. The van der Waals surface area contributed by atoms with Crippen molar-refractivity contribution in [3.63, 3.8) is 0 Å². The molecule has 0 saturated heterocycles. The molecule has 3 aliphatic rings. The predicted molar refractivity (Wildman–Crippen MR) is 80.1 cm³/mol. The molecule has 2 saturated carbocycles. The number of hydrogen-bond donors (Lipinski definition) is 0. The van der Waals surface area contributed by atoms with Crippen LogP contribution in [-0.4, -0.2) is 12.9 Å². The molecule has 3 rings (SSSR count). The van der Waals surface area contributed by atoms with Gasteiger partial charge in [0.25, 0.3) is 0 Å². The number of ketones is 1. The van der Waals surface area contributed by atoms with Gasteiger partial charge >= 0.3 is 0 Å². The fourth-order valence-electron chi connectivity index (χ4n) is 5.01. The van der Waals surface area contributed by atoms with Gasteiger partial charge in [-0.15, -0.1) is 0 Å². The molecule has 0 unspecified atom stereocenters. The number of Topliss-reactive ketones (excluding diaryl/α,β-unsaturated/α-hetero) is 1. The molecule has 0 N–H and O–H groups in total. The Morgan fingerprint density at radius 1 is 1.30 bits per heavy atom. The van der Waals surface area contributed by atoms with E-state index in [4.69, 9.17) is 4.74 Å². The summed E-state index contributed by atoms with van der Waals surface area (Å²) >= 11 is 0. The predicted octanol–water partition coefficient (Wildman–Crippen LogP) is 4.12. The van der Waals surface area contributed by atoms with Crippen LogP contribution in [0.15, 0.2) is 23.5 Å². The standard InChI is InChI=1S/C18H26O2/c1-11-8-12(10-13(9-11)20-5)15-14-6-7-18(4,16(15)19)17(14,2)3/h8-9,12,14-15H,6-7,10H2,1-5H3/t12-,14+,15-,18-/m0/s1. The molecule has 2 fully saturated rings. The average molecular weight is 274 g/mol. The molecular formula is C18H26O2. The second-order valence-corrected chi connectivity index (χ2v) is 7.68. The molecule has 0 spiro atoms. The van der Waals surface area contributed by atoms with Gasteiger partial charge < -0.3 is 4.74 Å². The molecule has 110 valence electrons. The number of allylic oxidation sites excluding steroid dienone is 4. The van der Waals surface area contributed by atoms with Gasteiger partial charge in [0.2, 0.25) is 0 Å². The van der Waals surface area contributed by atoms with Crippen molar-refractivity contribution in [3.8, 4) is 0 Å². The molecule has 0 heterocycles. The second kappa shape index (κ2) is 4.22. The summed E-state index contributed by atoms with van der Waals surface area (Å²) in [6, 6.07) is 0. The van der Waals surface area contributed by atoms with Gasteiger partial charge in [-0.3, -0.25) is 4.79 Å². The van der Waals surface area contributed by atoms with Crippen LogP contribution in [0.1, 0.15) is 47.0 Å². The highest BCUT2D eigenvalue weighted by molar-refractivity contribution is 5.92. The maximum absolute atomic E-state index is 13.0. The van der Waals surface area contributed by atoms with E-state index in [1.165, 1.54) is 12.0 Å². The van der Waals surface area contributed by atoms with Gasteiger partial charge in [-0.1, -0.05) is 32.4 Å². The Labute approximate surface area is 122 Å². The summed E-state index contributed by atoms with van der Waals surface area (Å²) in [5, 5.41) is 0. The van der Waals surface area contributed by atoms with E-state index in [0.29, 0.717) is 17.6 Å². The minimum Gasteiger partial charge on any atom is -0.501 e. The molecule has 2 bridgehead atoms. The summed E-state index contributed by atoms with van der Waals surface area (Å²) in [7, 11) is 1.73. The van der Waals surface area contributed by atoms with Crippen molar-refractivity contribution in [3.05, 3.63) is 23.5 Å². The van der Waals surface area contributed by atoms with E-state index < -0.39 is 0 Å². The molecule has 2 heteroatoms. The monoisotopic (exact) mass is 274 g/mol. The van der Waals surface area contributed by atoms with E-state index in [9.17, 15) is 4.79 Å². The lowest BCUT2D eigenvalue weighted by atomic mass is 9.70. The first-order valence-electron chi connectivity index (χ1n) is 7.78. The summed E-state index contributed by atoms with van der Waals surface area (Å²) in [6.07, 6.45) is 7.55. The van der Waals surface area contributed by atoms with Crippen LogP contribution in [0.4, 0.5) is 0 Å². The molecule has 4 atom stereocenters. The molecule has 3 aliphatic carbocycles. The zero-order chi connectivity index (χ0) is 14.7. The largest absolute Gasteiger partial charge is 0.501 e. The Bertz CT molecular complexity index is 512. The highest BCUT2D eigenvalue weighted by atomic mass is 16.5. The fraction of sp³-hybridized carbons (Fsp3) is 0.722. The van der Waals surface area contributed by atoms with Gasteiger partial charge in [-0.2, -0.15) is 0 Å². The Kier molecular flexibility index (Phi) is 2.94. The highest BCUT2D eigenvalue weighted by Gasteiger charge is 2.67. The fourth-order valence-corrected chi connectivity index (χ4v) is 5.01. The van der Waals surface area contributed by atoms with E-state index >= 15 is 0 Å². The van der Waals surface area contributed by atoms with Gasteiger partial charge in [0.15, 0.2) is 0 Å². The van der Waals surface area contributed by atoms with Crippen LogP contribution < -0.4 is 0 Å². The molecule has 20 heavy (non-hydrogen) atoms. The first kappa shape index (κ1) is 13.9. The Hall–Kier alpha value is -1.05. The van der Waals surface area contributed by atoms with Crippen molar-refractivity contribution in [2.75, 3.05) is 7.11 Å². The summed E-state index contributed by atoms with van der Waals surface area (Å²) in [6.45, 7) is 8.90. The number of carbonyl (C=O) groups excluding carboxylic acids is 1. The Morgan fingerprint density at radius 2 is 2.00 bits per heavy atom. The van der Waals surface area contributed by atoms with E-state index in [1.807, 2.05) is 0 Å². The minimum absolute atomic E-state index is 0.113. The Balaban J connectivity index is 1.94. The van der Waals surface area contributed by atoms with Gasteiger partial charge in [0.1, 0.15) is 5.78 Å². The first-order chi connectivity index (χ1) is 9.31. The van der Waals surface area contributed by atoms with E-state index in [-0.39, 0.29) is 16.7 Å². The van der Waals surface area contributed by atoms with Gasteiger partial charge in [0, 0.05) is 17.8 Å². The molecule has 0 amide bonds. The number of rotatable bonds is 2. The summed E-state index contributed by atoms with van der Waals surface area (Å²) < 4.78 is 5.45. The highest BCUT2D eigenvalue weighted by Crippen LogP contribution is 2.67. The quantitative estimate of drug-likeness (QED) is 0.757. The minimum atomic E-state index is -0.113. The van der Waals surface area contributed by atoms with Crippen LogP contribution in [0.2, 0.25) is 0 Å². The van der Waals surface area contributed by atoms with E-state index in [1.54, 1.807) is 7.11 Å². The molecule has 0 aromatic rings. The van der Waals surface area contributed by atoms with Gasteiger partial charge in [-0.05, 0) is 43.1 Å². The normalized spacial score (nSPS) is 42.5. The number of hydrogen-bond acceptors (Lipinski definition) is 2. The number of carbonyl (C=O) groups is 1. The number of methoxy groups -OCH3 is 1. The first-order valence-corrected chi connectivity index (χ1v) is 7.78. The van der Waals surface area contributed by atoms with Crippen LogP contribution in [-0.2, 0) is 9.53 Å². The van der Waals surface area contributed by atoms with Crippen LogP contribution in [0.5, 0.6) is 0 Å². The lowest BCUT2D eigenvalue weighted by molar-refractivity contribution is -0.132. The molecule has 2 nitrogen and oxygen atoms in total. The average Bonchev–Trinajstić information content (AvgIpc) is 2.70. The zero-order valence-electron chi connectivity index (χ0n) is 13.3. The summed E-state index contributed by atoms with van der Waals surface area (Å²) in [5.41, 5.74) is 1.26. The SMILES string of the molecule is COC1=CC(C)=C[C@H]([C@@H]2C(=O)[C@]3(C)CC[C@H]2C3(C)C)C1. The third-order valence-corrected chi connectivity index (χ3v) is 6.61. The third kappa shape index (κ3) is 1.60. The summed E-state index contributed by atoms with van der Waals surface area (Å²) in [4.78, 5) is 13.0. The third-order valence-electron chi connectivity index (χ3n) is 6.61. The van der Waals surface area contributed by atoms with Crippen LogP contribution in [0.3, 0.4) is 0 Å². The number of ether oxygens (including phenoxy) is 1. The van der Waals surface area contributed by atoms with Crippen molar-refractivity contribution >= 4 is 5.78 Å². The van der Waals surface area contributed by atoms with Crippen molar-refractivity contribution in [2.24, 2.45) is 28.6 Å². The van der Waals surface area contributed by atoms with Crippen LogP contribution >= 0.6 is 0 Å². The topological polar surface area (TPSA) is 26.3 Å². The lowest BCUT2D eigenvalue weighted by Gasteiger charge is -2.32. The second-order valence-electron chi connectivity index (χ2n) is 7.68. The summed E-state index contributed by atoms with van der Waals surface area (Å²) in [5.74, 6) is 2.58. The van der Waals surface area contributed by atoms with Crippen molar-refractivity contribution in [1.82, 2.24) is 0 Å². The van der Waals surface area contributed by atoms with Crippen molar-refractivity contribution in [2.45, 2.75) is 47.0 Å². The van der Waals surface area contributed by atoms with E-state index in [0.717, 1.165) is 18.6 Å². The van der Waals surface area contributed by atoms with Gasteiger partial charge in [-0.25, -0.2) is 0 Å². The van der Waals surface area contributed by atoms with Crippen LogP contribution in [0, 0.1) is 28.6 Å². The smallest absolute Gasteiger partial charge is 0.143 e. The molecular weight excluding hydrogens is 248 g/mol. The lowest BCUT2D eigenvalue weighted by Crippen LogP contribution is -2.35. The van der Waals surface area contributed by atoms with Gasteiger partial charge in [0.05, 0.1) is 12.9 Å². The molecule has 0 aromatic heterocycles. The molecule has 0 aromatic carbocycles. The van der Waals surface area contributed by atoms with E-state index in [2.05, 4.69) is 39.8 Å². The van der Waals surface area contributed by atoms with Crippen LogP contribution in [0.25, 0.3) is 0 Å². The Morgan fingerprint density at radius 3 is 2.55 bits per heavy atom. The van der Waals surface area contributed by atoms with Crippen molar-refractivity contribution in [1.29, 1.82) is 0 Å².